The molecule has 1 unspecified atom stereocenters. The summed E-state index contributed by atoms with van der Waals surface area (Å²) in [4.78, 5) is 2.08. The summed E-state index contributed by atoms with van der Waals surface area (Å²) in [5.41, 5.74) is 7.42. The van der Waals surface area contributed by atoms with E-state index in [1.807, 2.05) is 26.1 Å². The van der Waals surface area contributed by atoms with Crippen LogP contribution >= 0.6 is 15.9 Å². The van der Waals surface area contributed by atoms with Gasteiger partial charge in [0.25, 0.3) is 0 Å². The molecule has 1 aliphatic rings. The molecular formula is C15H23BrN2O2. The summed E-state index contributed by atoms with van der Waals surface area (Å²) in [6, 6.07) is 6.14. The maximum atomic E-state index is 10.6. The van der Waals surface area contributed by atoms with Crippen LogP contribution in [0.3, 0.4) is 0 Å². The lowest BCUT2D eigenvalue weighted by Gasteiger charge is -2.36. The van der Waals surface area contributed by atoms with E-state index in [1.54, 1.807) is 0 Å². The molecule has 1 atom stereocenters. The second-order valence-electron chi connectivity index (χ2n) is 5.69. The largest absolute Gasteiger partial charge is 0.388 e. The Bertz CT molecular complexity index is 459. The van der Waals surface area contributed by atoms with Crippen molar-refractivity contribution in [2.75, 3.05) is 31.7 Å². The van der Waals surface area contributed by atoms with Gasteiger partial charge in [-0.2, -0.15) is 0 Å². The minimum Gasteiger partial charge on any atom is -0.388 e. The molecule has 0 saturated carbocycles. The standard InChI is InChI=1S/C15H23BrN2O2/c1-11(17)13-4-3-12(9-14(13)16)18(2)10-15(19)5-7-20-8-6-15/h3-4,9,11,19H,5-8,10,17H2,1-2H3. The Morgan fingerprint density at radius 1 is 1.45 bits per heavy atom. The molecule has 1 fully saturated rings. The van der Waals surface area contributed by atoms with Gasteiger partial charge in [0.2, 0.25) is 0 Å². The van der Waals surface area contributed by atoms with Crippen LogP contribution in [0.1, 0.15) is 31.4 Å². The molecule has 3 N–H and O–H groups in total. The number of ether oxygens (including phenoxy) is 1. The number of hydrogen-bond acceptors (Lipinski definition) is 4. The molecule has 1 heterocycles. The number of anilines is 1. The molecule has 112 valence electrons. The van der Waals surface area contributed by atoms with Crippen molar-refractivity contribution in [3.05, 3.63) is 28.2 Å². The lowest BCUT2D eigenvalue weighted by Crippen LogP contribution is -2.45. The Kier molecular flexibility index (Phi) is 5.07. The lowest BCUT2D eigenvalue weighted by molar-refractivity contribution is -0.0572. The number of rotatable bonds is 4. The van der Waals surface area contributed by atoms with Gasteiger partial charge in [-0.25, -0.2) is 0 Å². The van der Waals surface area contributed by atoms with Crippen LogP contribution in [0, 0.1) is 0 Å². The highest BCUT2D eigenvalue weighted by atomic mass is 79.9. The number of aliphatic hydroxyl groups is 1. The van der Waals surface area contributed by atoms with E-state index in [0.29, 0.717) is 32.6 Å². The van der Waals surface area contributed by atoms with Gasteiger partial charge in [-0.05, 0) is 24.6 Å². The quantitative estimate of drug-likeness (QED) is 0.882. The summed E-state index contributed by atoms with van der Waals surface area (Å²) in [7, 11) is 2.00. The van der Waals surface area contributed by atoms with Crippen LogP contribution < -0.4 is 10.6 Å². The molecule has 20 heavy (non-hydrogen) atoms. The van der Waals surface area contributed by atoms with Crippen molar-refractivity contribution in [1.29, 1.82) is 0 Å². The molecule has 2 rings (SSSR count). The second-order valence-corrected chi connectivity index (χ2v) is 6.54. The lowest BCUT2D eigenvalue weighted by atomic mass is 9.93. The van der Waals surface area contributed by atoms with E-state index >= 15 is 0 Å². The Morgan fingerprint density at radius 3 is 2.65 bits per heavy atom. The zero-order valence-electron chi connectivity index (χ0n) is 12.1. The average molecular weight is 343 g/mol. The van der Waals surface area contributed by atoms with Crippen LogP contribution in [-0.4, -0.2) is 37.5 Å². The summed E-state index contributed by atoms with van der Waals surface area (Å²) in [6.45, 7) is 3.85. The molecule has 1 aliphatic heterocycles. The number of hydrogen-bond donors (Lipinski definition) is 2. The molecule has 4 nitrogen and oxygen atoms in total. The molecule has 1 saturated heterocycles. The average Bonchev–Trinajstić information content (AvgIpc) is 2.38. The molecule has 0 amide bonds. The highest BCUT2D eigenvalue weighted by Gasteiger charge is 2.31. The first-order valence-electron chi connectivity index (χ1n) is 6.98. The normalized spacial score (nSPS) is 19.6. The molecule has 5 heteroatoms. The van der Waals surface area contributed by atoms with E-state index in [4.69, 9.17) is 10.5 Å². The van der Waals surface area contributed by atoms with Gasteiger partial charge in [0, 0.05) is 55.8 Å². The van der Waals surface area contributed by atoms with E-state index in [-0.39, 0.29) is 6.04 Å². The Balaban J connectivity index is 2.09. The van der Waals surface area contributed by atoms with Crippen LogP contribution in [0.2, 0.25) is 0 Å². The van der Waals surface area contributed by atoms with Gasteiger partial charge < -0.3 is 20.5 Å². The molecular weight excluding hydrogens is 320 g/mol. The van der Waals surface area contributed by atoms with Crippen molar-refractivity contribution < 1.29 is 9.84 Å². The Morgan fingerprint density at radius 2 is 2.10 bits per heavy atom. The number of halogens is 1. The minimum absolute atomic E-state index is 0.00316. The fourth-order valence-corrected chi connectivity index (χ4v) is 3.29. The SMILES string of the molecule is CC(N)c1ccc(N(C)CC2(O)CCOCC2)cc1Br. The van der Waals surface area contributed by atoms with Gasteiger partial charge in [-0.3, -0.25) is 0 Å². The van der Waals surface area contributed by atoms with Gasteiger partial charge in [-0.1, -0.05) is 22.0 Å². The summed E-state index contributed by atoms with van der Waals surface area (Å²) in [5.74, 6) is 0. The summed E-state index contributed by atoms with van der Waals surface area (Å²) >= 11 is 3.57. The van der Waals surface area contributed by atoms with Crippen molar-refractivity contribution in [3.8, 4) is 0 Å². The molecule has 0 radical (unpaired) electrons. The first-order chi connectivity index (χ1) is 9.41. The van der Waals surface area contributed by atoms with E-state index in [0.717, 1.165) is 15.7 Å². The fraction of sp³-hybridized carbons (Fsp3) is 0.600. The third-order valence-electron chi connectivity index (χ3n) is 3.87. The predicted octanol–water partition coefficient (Wildman–Crippen LogP) is 2.45. The van der Waals surface area contributed by atoms with Crippen molar-refractivity contribution >= 4 is 21.6 Å². The van der Waals surface area contributed by atoms with Gasteiger partial charge in [-0.15, -0.1) is 0 Å². The van der Waals surface area contributed by atoms with Gasteiger partial charge in [0.15, 0.2) is 0 Å². The van der Waals surface area contributed by atoms with E-state index in [1.165, 1.54) is 0 Å². The minimum atomic E-state index is -0.653. The Hall–Kier alpha value is -0.620. The van der Waals surface area contributed by atoms with Crippen LogP contribution in [0.15, 0.2) is 22.7 Å². The van der Waals surface area contributed by atoms with E-state index < -0.39 is 5.60 Å². The van der Waals surface area contributed by atoms with Crippen molar-refractivity contribution in [2.45, 2.75) is 31.4 Å². The van der Waals surface area contributed by atoms with Gasteiger partial charge >= 0.3 is 0 Å². The first kappa shape index (κ1) is 15.8. The number of nitrogens with two attached hydrogens (primary N) is 1. The first-order valence-corrected chi connectivity index (χ1v) is 7.77. The number of likely N-dealkylation sites (N-methyl/N-ethyl adjacent to an activating group) is 1. The van der Waals surface area contributed by atoms with Crippen LogP contribution in [0.25, 0.3) is 0 Å². The Labute approximate surface area is 129 Å². The molecule has 0 aromatic heterocycles. The van der Waals surface area contributed by atoms with Crippen LogP contribution in [-0.2, 0) is 4.74 Å². The summed E-state index contributed by atoms with van der Waals surface area (Å²) < 4.78 is 6.32. The topological polar surface area (TPSA) is 58.7 Å². The third-order valence-corrected chi connectivity index (χ3v) is 4.56. The molecule has 1 aromatic rings. The van der Waals surface area contributed by atoms with Crippen molar-refractivity contribution in [1.82, 2.24) is 0 Å². The number of benzene rings is 1. The van der Waals surface area contributed by atoms with E-state index in [9.17, 15) is 5.11 Å². The van der Waals surface area contributed by atoms with Gasteiger partial charge in [0.05, 0.1) is 5.60 Å². The zero-order chi connectivity index (χ0) is 14.8. The number of nitrogens with zero attached hydrogens (tertiary/aromatic N) is 1. The molecule has 0 aliphatic carbocycles. The predicted molar refractivity (Wildman–Crippen MR) is 85.0 cm³/mol. The third kappa shape index (κ3) is 3.73. The fourth-order valence-electron chi connectivity index (χ4n) is 2.57. The molecule has 0 spiro atoms. The summed E-state index contributed by atoms with van der Waals surface area (Å²) in [6.07, 6.45) is 1.38. The van der Waals surface area contributed by atoms with Crippen LogP contribution in [0.4, 0.5) is 5.69 Å². The maximum absolute atomic E-state index is 10.6. The van der Waals surface area contributed by atoms with Crippen molar-refractivity contribution in [2.24, 2.45) is 5.73 Å². The van der Waals surface area contributed by atoms with Gasteiger partial charge in [0.1, 0.15) is 0 Å². The maximum Gasteiger partial charge on any atom is 0.0865 e. The highest BCUT2D eigenvalue weighted by Crippen LogP contribution is 2.29. The second kappa shape index (κ2) is 6.43. The molecule has 1 aromatic carbocycles. The highest BCUT2D eigenvalue weighted by molar-refractivity contribution is 9.10. The zero-order valence-corrected chi connectivity index (χ0v) is 13.7. The monoisotopic (exact) mass is 342 g/mol. The smallest absolute Gasteiger partial charge is 0.0865 e. The van der Waals surface area contributed by atoms with E-state index in [2.05, 4.69) is 26.9 Å². The molecule has 0 bridgehead atoms. The van der Waals surface area contributed by atoms with Crippen LogP contribution in [0.5, 0.6) is 0 Å². The summed E-state index contributed by atoms with van der Waals surface area (Å²) in [5, 5.41) is 10.6. The van der Waals surface area contributed by atoms with Crippen molar-refractivity contribution in [3.63, 3.8) is 0 Å².